The molecule has 220 valence electrons. The second kappa shape index (κ2) is 31.0. The first kappa shape index (κ1) is 37.9. The quantitative estimate of drug-likeness (QED) is 0.122. The lowest BCUT2D eigenvalue weighted by Crippen LogP contribution is -2.57. The van der Waals surface area contributed by atoms with Crippen LogP contribution in [0.2, 0.25) is 0 Å². The van der Waals surface area contributed by atoms with Crippen molar-refractivity contribution in [3.05, 3.63) is 48.6 Å². The van der Waals surface area contributed by atoms with E-state index in [-0.39, 0.29) is 37.5 Å². The number of esters is 2. The van der Waals surface area contributed by atoms with Gasteiger partial charge in [-0.2, -0.15) is 0 Å². The molecule has 0 spiro atoms. The molecule has 0 bridgehead atoms. The minimum atomic E-state index is -0.475. The van der Waals surface area contributed by atoms with Gasteiger partial charge in [-0.25, -0.2) is 0 Å². The molecule has 8 nitrogen and oxygen atoms in total. The van der Waals surface area contributed by atoms with Crippen LogP contribution in [0.1, 0.15) is 79.1 Å². The highest BCUT2D eigenvalue weighted by molar-refractivity contribution is 5.72. The zero-order valence-electron chi connectivity index (χ0n) is 24.5. The summed E-state index contributed by atoms with van der Waals surface area (Å²) in [4.78, 5) is 22.9. The van der Waals surface area contributed by atoms with Crippen molar-refractivity contribution in [3.63, 3.8) is 0 Å². The number of hydrogen-bond acceptors (Lipinski definition) is 6. The Morgan fingerprint density at radius 3 is 1.66 bits per heavy atom. The highest BCUT2D eigenvalue weighted by Crippen LogP contribution is 1.99. The molecule has 0 radical (unpaired) electrons. The average Bonchev–Trinajstić information content (AvgIpc) is 2.92. The van der Waals surface area contributed by atoms with E-state index < -0.39 is 6.10 Å². The molecule has 0 aliphatic rings. The Hall–Kier alpha value is -2.26. The summed E-state index contributed by atoms with van der Waals surface area (Å²) >= 11 is 0. The zero-order valence-corrected chi connectivity index (χ0v) is 24.5. The predicted molar refractivity (Wildman–Crippen MR) is 153 cm³/mol. The van der Waals surface area contributed by atoms with Crippen LogP contribution in [0.4, 0.5) is 0 Å². The van der Waals surface area contributed by atoms with Gasteiger partial charge >= 0.3 is 11.9 Å². The third-order valence-corrected chi connectivity index (χ3v) is 4.92. The normalized spacial score (nSPS) is 13.2. The Morgan fingerprint density at radius 1 is 0.632 bits per heavy atom. The van der Waals surface area contributed by atoms with E-state index in [9.17, 15) is 9.59 Å². The van der Waals surface area contributed by atoms with E-state index in [1.807, 2.05) is 26.0 Å². The molecule has 0 aromatic rings. The van der Waals surface area contributed by atoms with Crippen molar-refractivity contribution < 1.29 is 40.0 Å². The number of hydrogen-bond donors (Lipinski definition) is 2. The molecule has 2 unspecified atom stereocenters. The Balaban J connectivity index is 0. The standard InChI is InChI=1S/C15H25NO4.C15H29NO2/c1-3-5-7-9-14(17)19-12-13(11-16)20-15(18)10-8-6-4-2;1-3-5-7-9-11-17-14-15(13-16)18-12-10-8-6-4-2/h5-8,13H,3-4,9-12,16H2,1-2H3;5-8,15H,3-4,9-14,16H2,1-2H3/p+2/b2*7-5+,8-6+. The fraction of sp³-hybridized carbons (Fsp3) is 0.667. The fourth-order valence-electron chi connectivity index (χ4n) is 2.80. The molecule has 0 aromatic carbocycles. The molecule has 0 saturated heterocycles. The molecule has 0 rings (SSSR count). The Morgan fingerprint density at radius 2 is 1.13 bits per heavy atom. The summed E-state index contributed by atoms with van der Waals surface area (Å²) in [5, 5.41) is 0. The number of ether oxygens (including phenoxy) is 4. The molecule has 8 heteroatoms. The van der Waals surface area contributed by atoms with E-state index >= 15 is 0 Å². The van der Waals surface area contributed by atoms with Crippen molar-refractivity contribution in [1.29, 1.82) is 0 Å². The highest BCUT2D eigenvalue weighted by atomic mass is 16.6. The lowest BCUT2D eigenvalue weighted by atomic mass is 10.3. The first-order valence-electron chi connectivity index (χ1n) is 14.2. The van der Waals surface area contributed by atoms with Crippen LogP contribution in [-0.2, 0) is 28.5 Å². The maximum absolute atomic E-state index is 11.5. The first-order chi connectivity index (χ1) is 18.5. The minimum absolute atomic E-state index is 0.0610. The van der Waals surface area contributed by atoms with Gasteiger partial charge in [0.05, 0.1) is 32.7 Å². The maximum atomic E-state index is 11.5. The summed E-state index contributed by atoms with van der Waals surface area (Å²) in [5.74, 6) is -0.652. The molecule has 0 aliphatic heterocycles. The molecule has 38 heavy (non-hydrogen) atoms. The van der Waals surface area contributed by atoms with Crippen LogP contribution in [0.25, 0.3) is 0 Å². The van der Waals surface area contributed by atoms with Gasteiger partial charge in [-0.1, -0.05) is 76.3 Å². The van der Waals surface area contributed by atoms with Crippen LogP contribution in [-0.4, -0.2) is 63.7 Å². The summed E-state index contributed by atoms with van der Waals surface area (Å²) in [6.07, 6.45) is 22.0. The van der Waals surface area contributed by atoms with Crippen molar-refractivity contribution in [3.8, 4) is 0 Å². The monoisotopic (exact) mass is 540 g/mol. The molecule has 0 fully saturated rings. The van der Waals surface area contributed by atoms with Crippen molar-refractivity contribution in [2.45, 2.75) is 91.3 Å². The van der Waals surface area contributed by atoms with Crippen molar-refractivity contribution in [1.82, 2.24) is 0 Å². The largest absolute Gasteiger partial charge is 0.461 e. The van der Waals surface area contributed by atoms with Gasteiger partial charge in [-0.15, -0.1) is 0 Å². The number of quaternary nitrogens is 2. The van der Waals surface area contributed by atoms with Gasteiger partial charge in [0.15, 0.2) is 6.10 Å². The van der Waals surface area contributed by atoms with Crippen LogP contribution in [0.3, 0.4) is 0 Å². The third kappa shape index (κ3) is 28.3. The van der Waals surface area contributed by atoms with Crippen LogP contribution >= 0.6 is 0 Å². The van der Waals surface area contributed by atoms with Gasteiger partial charge in [0.2, 0.25) is 0 Å². The molecule has 2 atom stereocenters. The first-order valence-corrected chi connectivity index (χ1v) is 14.2. The van der Waals surface area contributed by atoms with Crippen molar-refractivity contribution in [2.75, 3.05) is 39.5 Å². The predicted octanol–water partition coefficient (Wildman–Crippen LogP) is 3.74. The number of carbonyl (C=O) groups excluding carboxylic acids is 2. The van der Waals surface area contributed by atoms with E-state index in [1.165, 1.54) is 0 Å². The SMILES string of the molecule is CC/C=C/CC(=O)OCC(C[NH3+])OC(=O)C/C=C/CC.CC/C=C/CCOCC(C[NH3+])OCC/C=C/CC. The molecule has 0 aromatic heterocycles. The molecular weight excluding hydrogens is 484 g/mol. The Labute approximate surface area is 231 Å². The van der Waals surface area contributed by atoms with E-state index in [4.69, 9.17) is 18.9 Å². The summed E-state index contributed by atoms with van der Waals surface area (Å²) in [5.41, 5.74) is 7.58. The maximum Gasteiger partial charge on any atom is 0.310 e. The highest BCUT2D eigenvalue weighted by Gasteiger charge is 2.16. The summed E-state index contributed by atoms with van der Waals surface area (Å²) < 4.78 is 21.5. The molecular formula is C30H56N2O6+2. The Kier molecular flexibility index (Phi) is 30.9. The molecule has 6 N–H and O–H groups in total. The summed E-state index contributed by atoms with van der Waals surface area (Å²) in [7, 11) is 0. The number of allylic oxidation sites excluding steroid dienone is 4. The van der Waals surface area contributed by atoms with Gasteiger partial charge in [0.1, 0.15) is 25.8 Å². The van der Waals surface area contributed by atoms with Crippen LogP contribution in [0.5, 0.6) is 0 Å². The molecule has 0 amide bonds. The second-order valence-corrected chi connectivity index (χ2v) is 8.44. The molecule has 0 saturated carbocycles. The zero-order chi connectivity index (χ0) is 28.7. The second-order valence-electron chi connectivity index (χ2n) is 8.44. The van der Waals surface area contributed by atoms with Crippen LogP contribution in [0, 0.1) is 0 Å². The third-order valence-electron chi connectivity index (χ3n) is 4.92. The molecule has 0 aliphatic carbocycles. The van der Waals surface area contributed by atoms with Gasteiger partial charge in [0, 0.05) is 0 Å². The van der Waals surface area contributed by atoms with Crippen molar-refractivity contribution >= 4 is 11.9 Å². The van der Waals surface area contributed by atoms with Gasteiger partial charge < -0.3 is 30.4 Å². The fourth-order valence-corrected chi connectivity index (χ4v) is 2.80. The van der Waals surface area contributed by atoms with Gasteiger partial charge in [-0.3, -0.25) is 9.59 Å². The summed E-state index contributed by atoms with van der Waals surface area (Å²) in [6.45, 7) is 11.6. The van der Waals surface area contributed by atoms with E-state index in [0.29, 0.717) is 13.2 Å². The number of carbonyl (C=O) groups is 2. The lowest BCUT2D eigenvalue weighted by molar-refractivity contribution is -0.388. The lowest BCUT2D eigenvalue weighted by Gasteiger charge is -2.13. The van der Waals surface area contributed by atoms with Crippen LogP contribution < -0.4 is 11.5 Å². The molecule has 0 heterocycles. The van der Waals surface area contributed by atoms with E-state index in [2.05, 4.69) is 49.6 Å². The van der Waals surface area contributed by atoms with Gasteiger partial charge in [0.25, 0.3) is 0 Å². The summed E-state index contributed by atoms with van der Waals surface area (Å²) in [6, 6.07) is 0. The van der Waals surface area contributed by atoms with Crippen molar-refractivity contribution in [2.24, 2.45) is 0 Å². The number of rotatable bonds is 22. The van der Waals surface area contributed by atoms with Crippen LogP contribution in [0.15, 0.2) is 48.6 Å². The smallest absolute Gasteiger partial charge is 0.310 e. The minimum Gasteiger partial charge on any atom is -0.461 e. The average molecular weight is 541 g/mol. The Bertz CT molecular complexity index is 661. The van der Waals surface area contributed by atoms with E-state index in [0.717, 1.165) is 58.3 Å². The van der Waals surface area contributed by atoms with E-state index in [1.54, 1.807) is 12.2 Å². The van der Waals surface area contributed by atoms with Gasteiger partial charge in [-0.05, 0) is 38.5 Å². The topological polar surface area (TPSA) is 126 Å².